The molecule has 11 nitrogen and oxygen atoms in total. The van der Waals surface area contributed by atoms with Crippen LogP contribution < -0.4 is 14.9 Å². The second-order valence-electron chi connectivity index (χ2n) is 12.6. The van der Waals surface area contributed by atoms with E-state index in [4.69, 9.17) is 33.0 Å². The summed E-state index contributed by atoms with van der Waals surface area (Å²) >= 11 is 0. The van der Waals surface area contributed by atoms with Crippen LogP contribution in [0.25, 0.3) is 0 Å². The molecule has 2 amide bonds. The highest BCUT2D eigenvalue weighted by Gasteiger charge is 2.53. The van der Waals surface area contributed by atoms with Gasteiger partial charge in [0.05, 0.1) is 32.5 Å². The van der Waals surface area contributed by atoms with E-state index in [-0.39, 0.29) is 6.42 Å². The molecule has 1 aliphatic rings. The number of benzene rings is 1. The fourth-order valence-electron chi connectivity index (χ4n) is 3.88. The second-order valence-corrected chi connectivity index (χ2v) is 12.6. The number of hydrogen-bond donors (Lipinski definition) is 0. The number of nitrogens with zero attached hydrogens (tertiary/aromatic N) is 1. The molecule has 12 heteroatoms. The predicted molar refractivity (Wildman–Crippen MR) is 149 cm³/mol. The Balaban J connectivity index is 2.71. The number of carbonyl (C=O) groups excluding carboxylic acids is 3. The molecular formula is C28H44BNO10. The van der Waals surface area contributed by atoms with Gasteiger partial charge >= 0.3 is 25.3 Å². The quantitative estimate of drug-likeness (QED) is 0.270. The van der Waals surface area contributed by atoms with Crippen molar-refractivity contribution in [3.63, 3.8) is 0 Å². The summed E-state index contributed by atoms with van der Waals surface area (Å²) in [5, 5.41) is 0. The SMILES string of the molecule is COC(=O)[C@H](Cc1cc(OC)c(OC)cc1B1OC(C)(C)C(C)(C)O1)N(C(=O)OC(C)(C)C)C(=O)OC(C)(C)C. The Labute approximate surface area is 237 Å². The van der Waals surface area contributed by atoms with Gasteiger partial charge in [-0.3, -0.25) is 0 Å². The van der Waals surface area contributed by atoms with Crippen molar-refractivity contribution in [3.05, 3.63) is 17.7 Å². The third-order valence-corrected chi connectivity index (χ3v) is 6.53. The van der Waals surface area contributed by atoms with E-state index >= 15 is 0 Å². The van der Waals surface area contributed by atoms with Crippen molar-refractivity contribution in [1.82, 2.24) is 4.90 Å². The first-order chi connectivity index (χ1) is 18.2. The summed E-state index contributed by atoms with van der Waals surface area (Å²) in [5.74, 6) is -0.0874. The lowest BCUT2D eigenvalue weighted by Gasteiger charge is -2.32. The van der Waals surface area contributed by atoms with Crippen LogP contribution >= 0.6 is 0 Å². The smallest absolute Gasteiger partial charge is 0.493 e. The van der Waals surface area contributed by atoms with Crippen molar-refractivity contribution in [2.45, 2.75) is 104 Å². The maximum absolute atomic E-state index is 13.4. The van der Waals surface area contributed by atoms with Crippen LogP contribution in [0.4, 0.5) is 9.59 Å². The first kappa shape index (κ1) is 33.2. The number of imide groups is 1. The first-order valence-electron chi connectivity index (χ1n) is 13.1. The molecule has 1 fully saturated rings. The second kappa shape index (κ2) is 11.9. The molecule has 224 valence electrons. The summed E-state index contributed by atoms with van der Waals surface area (Å²) in [5.41, 5.74) is -2.24. The average Bonchev–Trinajstić information content (AvgIpc) is 3.01. The summed E-state index contributed by atoms with van der Waals surface area (Å²) in [7, 11) is 3.29. The van der Waals surface area contributed by atoms with Gasteiger partial charge in [0.15, 0.2) is 11.5 Å². The standard InChI is InChI=1S/C28H44BNO10/c1-25(2,3)37-23(32)30(24(33)38-26(4,5)6)19(22(31)36-13)14-17-15-20(34-11)21(35-12)16-18(17)29-39-27(7,8)28(9,10)40-29/h15-16,19H,14H2,1-13H3/t19-/m0/s1. The number of hydrogen-bond acceptors (Lipinski definition) is 10. The van der Waals surface area contributed by atoms with Gasteiger partial charge in [0.2, 0.25) is 0 Å². The van der Waals surface area contributed by atoms with Crippen LogP contribution in [0.5, 0.6) is 11.5 Å². The topological polar surface area (TPSA) is 119 Å². The Kier molecular flexibility index (Phi) is 9.85. The molecule has 0 aliphatic carbocycles. The molecule has 0 spiro atoms. The van der Waals surface area contributed by atoms with E-state index in [9.17, 15) is 14.4 Å². The number of methoxy groups -OCH3 is 3. The molecule has 0 N–H and O–H groups in total. The molecule has 0 aromatic heterocycles. The van der Waals surface area contributed by atoms with Crippen molar-refractivity contribution in [3.8, 4) is 11.5 Å². The van der Waals surface area contributed by atoms with Crippen LogP contribution in [-0.4, -0.2) is 79.9 Å². The maximum atomic E-state index is 13.4. The van der Waals surface area contributed by atoms with Gasteiger partial charge in [-0.1, -0.05) is 0 Å². The van der Waals surface area contributed by atoms with E-state index in [1.54, 1.807) is 53.7 Å². The van der Waals surface area contributed by atoms with E-state index in [0.29, 0.717) is 27.4 Å². The Morgan fingerprint density at radius 3 is 1.62 bits per heavy atom. The van der Waals surface area contributed by atoms with Crippen LogP contribution in [0.2, 0.25) is 0 Å². The summed E-state index contributed by atoms with van der Waals surface area (Å²) in [6, 6.07) is 1.88. The summed E-state index contributed by atoms with van der Waals surface area (Å²) in [4.78, 5) is 40.6. The minimum absolute atomic E-state index is 0.190. The predicted octanol–water partition coefficient (Wildman–Crippen LogP) is 4.26. The third-order valence-electron chi connectivity index (χ3n) is 6.53. The van der Waals surface area contributed by atoms with Crippen molar-refractivity contribution in [1.29, 1.82) is 0 Å². The van der Waals surface area contributed by atoms with Crippen LogP contribution in [0.15, 0.2) is 12.1 Å². The Morgan fingerprint density at radius 2 is 1.25 bits per heavy atom. The molecule has 0 saturated carbocycles. The van der Waals surface area contributed by atoms with Gasteiger partial charge in [-0.25, -0.2) is 14.4 Å². The zero-order valence-electron chi connectivity index (χ0n) is 26.0. The molecule has 1 aliphatic heterocycles. The van der Waals surface area contributed by atoms with E-state index in [2.05, 4.69) is 0 Å². The number of rotatable bonds is 7. The van der Waals surface area contributed by atoms with Gasteiger partial charge in [-0.15, -0.1) is 0 Å². The normalized spacial score (nSPS) is 17.1. The highest BCUT2D eigenvalue weighted by molar-refractivity contribution is 6.62. The van der Waals surface area contributed by atoms with Crippen molar-refractivity contribution < 1.29 is 47.4 Å². The number of amides is 2. The van der Waals surface area contributed by atoms with Gasteiger partial charge in [-0.2, -0.15) is 4.90 Å². The lowest BCUT2D eigenvalue weighted by molar-refractivity contribution is -0.146. The molecule has 1 atom stereocenters. The van der Waals surface area contributed by atoms with Crippen LogP contribution in [-0.2, 0) is 34.7 Å². The van der Waals surface area contributed by atoms with Gasteiger partial charge < -0.3 is 33.0 Å². The molecule has 2 rings (SSSR count). The third kappa shape index (κ3) is 7.81. The van der Waals surface area contributed by atoms with Gasteiger partial charge in [-0.05, 0) is 92.4 Å². The molecule has 1 saturated heterocycles. The largest absolute Gasteiger partial charge is 0.495 e. The van der Waals surface area contributed by atoms with Crippen LogP contribution in [0.1, 0.15) is 74.8 Å². The lowest BCUT2D eigenvalue weighted by atomic mass is 9.74. The molecule has 40 heavy (non-hydrogen) atoms. The fraction of sp³-hybridized carbons (Fsp3) is 0.679. The average molecular weight is 565 g/mol. The van der Waals surface area contributed by atoms with Crippen molar-refractivity contribution >= 4 is 30.7 Å². The molecule has 1 aromatic carbocycles. The summed E-state index contributed by atoms with van der Waals surface area (Å²) in [6.45, 7) is 17.5. The fourth-order valence-corrected chi connectivity index (χ4v) is 3.88. The van der Waals surface area contributed by atoms with Gasteiger partial charge in [0, 0.05) is 6.42 Å². The zero-order chi connectivity index (χ0) is 30.8. The monoisotopic (exact) mass is 565 g/mol. The van der Waals surface area contributed by atoms with Gasteiger partial charge in [0.25, 0.3) is 0 Å². The summed E-state index contributed by atoms with van der Waals surface area (Å²) < 4.78 is 39.6. The Bertz CT molecular complexity index is 1060. The van der Waals surface area contributed by atoms with Crippen molar-refractivity contribution in [2.24, 2.45) is 0 Å². The highest BCUT2D eigenvalue weighted by atomic mass is 16.7. The maximum Gasteiger partial charge on any atom is 0.495 e. The highest BCUT2D eigenvalue weighted by Crippen LogP contribution is 2.38. The Morgan fingerprint density at radius 1 is 0.825 bits per heavy atom. The summed E-state index contributed by atoms with van der Waals surface area (Å²) in [6.07, 6.45) is -2.31. The minimum Gasteiger partial charge on any atom is -0.493 e. The van der Waals surface area contributed by atoms with Crippen LogP contribution in [0.3, 0.4) is 0 Å². The van der Waals surface area contributed by atoms with E-state index in [0.717, 1.165) is 0 Å². The molecule has 0 radical (unpaired) electrons. The first-order valence-corrected chi connectivity index (χ1v) is 13.1. The van der Waals surface area contributed by atoms with Gasteiger partial charge in [0.1, 0.15) is 17.2 Å². The number of ether oxygens (including phenoxy) is 5. The minimum atomic E-state index is -1.46. The lowest BCUT2D eigenvalue weighted by Crippen LogP contribution is -2.53. The van der Waals surface area contributed by atoms with Crippen LogP contribution in [0, 0.1) is 0 Å². The Hall–Kier alpha value is -2.99. The number of carbonyl (C=O) groups is 3. The van der Waals surface area contributed by atoms with E-state index in [1.807, 2.05) is 27.7 Å². The number of esters is 1. The molecule has 0 unspecified atom stereocenters. The van der Waals surface area contributed by atoms with E-state index < -0.39 is 53.7 Å². The van der Waals surface area contributed by atoms with Crippen molar-refractivity contribution in [2.75, 3.05) is 21.3 Å². The molecule has 1 aromatic rings. The molecular weight excluding hydrogens is 521 g/mol. The molecule has 1 heterocycles. The van der Waals surface area contributed by atoms with E-state index in [1.165, 1.54) is 21.3 Å². The zero-order valence-corrected chi connectivity index (χ0v) is 26.0. The molecule has 0 bridgehead atoms.